The summed E-state index contributed by atoms with van der Waals surface area (Å²) < 4.78 is 40.7. The summed E-state index contributed by atoms with van der Waals surface area (Å²) in [6.45, 7) is 10.0. The molecule has 0 spiro atoms. The molecule has 3 aliphatic heterocycles. The van der Waals surface area contributed by atoms with Gasteiger partial charge in [0.1, 0.15) is 30.3 Å². The molecule has 2 saturated heterocycles. The molecule has 2 N–H and O–H groups in total. The number of ether oxygens (including phenoxy) is 6. The zero-order valence-electron chi connectivity index (χ0n) is 32.0. The maximum absolute atomic E-state index is 9.91. The van der Waals surface area contributed by atoms with E-state index in [0.717, 1.165) is 86.8 Å². The zero-order valence-corrected chi connectivity index (χ0v) is 32.0. The molecular weight excluding hydrogens is 704 g/mol. The number of benzene rings is 1. The third kappa shape index (κ3) is 8.66. The van der Waals surface area contributed by atoms with E-state index in [2.05, 4.69) is 35.6 Å². The fraction of sp³-hybridized carbons (Fsp3) is 0.643. The van der Waals surface area contributed by atoms with Gasteiger partial charge < -0.3 is 43.5 Å². The lowest BCUT2D eigenvalue weighted by molar-refractivity contribution is -0.253. The highest BCUT2D eigenvalue weighted by Crippen LogP contribution is 2.63. The van der Waals surface area contributed by atoms with Crippen molar-refractivity contribution in [3.05, 3.63) is 66.9 Å². The molecule has 7 rings (SSSR count). The molecule has 13 nitrogen and oxygen atoms in total. The van der Waals surface area contributed by atoms with Crippen molar-refractivity contribution in [2.24, 2.45) is 22.9 Å². The minimum Gasteiger partial charge on any atom is -0.490 e. The maximum atomic E-state index is 9.91. The van der Waals surface area contributed by atoms with Gasteiger partial charge in [0.05, 0.1) is 31.5 Å². The number of rotatable bonds is 19. The van der Waals surface area contributed by atoms with E-state index in [1.54, 1.807) is 23.0 Å². The van der Waals surface area contributed by atoms with Gasteiger partial charge >= 0.3 is 0 Å². The van der Waals surface area contributed by atoms with Crippen molar-refractivity contribution in [2.45, 2.75) is 114 Å². The maximum Gasteiger partial charge on any atom is 0.241 e. The molecule has 1 aromatic carbocycles. The van der Waals surface area contributed by atoms with Crippen LogP contribution >= 0.6 is 0 Å². The number of unbranched alkanes of at least 4 members (excludes halogenated alkanes) is 2. The number of aliphatic hydroxyl groups excluding tert-OH is 2. The lowest BCUT2D eigenvalue weighted by Crippen LogP contribution is -2.63. The molecule has 0 amide bonds. The third-order valence-electron chi connectivity index (χ3n) is 11.7. The Morgan fingerprint density at radius 2 is 1.71 bits per heavy atom. The van der Waals surface area contributed by atoms with Gasteiger partial charge in [-0.25, -0.2) is 4.68 Å². The van der Waals surface area contributed by atoms with Gasteiger partial charge in [-0.05, 0) is 87.0 Å². The standard InChI is InChI=1S/C42H58N4O9/c1-3-21-49-30-17-18-35-33(26-30)40-31(14-6-10-20-48)29(13-5-9-19-47)25-32-34(44-55-39-16-8-12-24-51-39)27-36(42(54-35,41(32)40)52-22-4-2)46-37(28-43-45-46)53-38-15-7-11-23-50-38/h3-4,17-18,25-26,28-29,31,36,38-41,47-48H,1-2,5-16,19-24,27H2/t29-,31+,36-,38?,39?,40+,41+,42+/m0/s1. The largest absolute Gasteiger partial charge is 0.490 e. The highest BCUT2D eigenvalue weighted by atomic mass is 16.8. The van der Waals surface area contributed by atoms with Crippen LogP contribution in [-0.2, 0) is 19.0 Å². The molecule has 3 fully saturated rings. The predicted octanol–water partition coefficient (Wildman–Crippen LogP) is 6.78. The molecule has 0 radical (unpaired) electrons. The molecule has 1 saturated carbocycles. The quantitative estimate of drug-likeness (QED) is 0.0887. The first kappa shape index (κ1) is 39.5. The van der Waals surface area contributed by atoms with Gasteiger partial charge in [-0.2, -0.15) is 0 Å². The van der Waals surface area contributed by atoms with Gasteiger partial charge in [-0.3, -0.25) is 0 Å². The van der Waals surface area contributed by atoms with Crippen molar-refractivity contribution in [2.75, 3.05) is 39.6 Å². The second kappa shape index (κ2) is 18.9. The van der Waals surface area contributed by atoms with E-state index in [9.17, 15) is 10.2 Å². The zero-order chi connectivity index (χ0) is 38.0. The summed E-state index contributed by atoms with van der Waals surface area (Å²) >= 11 is 0. The Balaban J connectivity index is 1.41. The van der Waals surface area contributed by atoms with E-state index in [1.807, 2.05) is 12.1 Å². The van der Waals surface area contributed by atoms with Crippen LogP contribution in [0, 0.1) is 17.8 Å². The molecule has 300 valence electrons. The van der Waals surface area contributed by atoms with Crippen molar-refractivity contribution in [1.29, 1.82) is 0 Å². The molecule has 8 atom stereocenters. The first-order chi connectivity index (χ1) is 27.1. The first-order valence-corrected chi connectivity index (χ1v) is 20.4. The van der Waals surface area contributed by atoms with Crippen LogP contribution in [0.4, 0.5) is 0 Å². The normalized spacial score (nSPS) is 30.7. The molecule has 2 aliphatic carbocycles. The molecule has 1 aromatic heterocycles. The second-order valence-electron chi connectivity index (χ2n) is 15.2. The SMILES string of the molecule is C=CCOc1ccc2c(c1)[C@H]1[C@H](CCCCO)[C@@H](CCCCO)C=C3C(=NOC4CCCCO4)C[C@H](n4nncc4OC4CCCCO4)[C@@](OCC=C)(O2)[C@H]31. The Kier molecular flexibility index (Phi) is 13.6. The number of allylic oxidation sites excluding steroid dienone is 1. The summed E-state index contributed by atoms with van der Waals surface area (Å²) in [6, 6.07) is 5.41. The van der Waals surface area contributed by atoms with Gasteiger partial charge in [0, 0.05) is 44.0 Å². The Bertz CT molecular complexity index is 1630. The van der Waals surface area contributed by atoms with Crippen molar-refractivity contribution in [1.82, 2.24) is 15.0 Å². The van der Waals surface area contributed by atoms with Crippen molar-refractivity contribution in [3.63, 3.8) is 0 Å². The molecule has 2 unspecified atom stereocenters. The van der Waals surface area contributed by atoms with E-state index in [1.165, 1.54) is 0 Å². The van der Waals surface area contributed by atoms with Crippen molar-refractivity contribution >= 4 is 5.71 Å². The Morgan fingerprint density at radius 1 is 0.945 bits per heavy atom. The van der Waals surface area contributed by atoms with Crippen LogP contribution in [0.3, 0.4) is 0 Å². The van der Waals surface area contributed by atoms with Crippen LogP contribution in [0.2, 0.25) is 0 Å². The molecule has 2 aromatic rings. The summed E-state index contributed by atoms with van der Waals surface area (Å²) in [5, 5.41) is 33.7. The Morgan fingerprint density at radius 3 is 2.44 bits per heavy atom. The fourth-order valence-corrected chi connectivity index (χ4v) is 9.21. The summed E-state index contributed by atoms with van der Waals surface area (Å²) in [7, 11) is 0. The van der Waals surface area contributed by atoms with Crippen LogP contribution in [0.25, 0.3) is 0 Å². The molecule has 4 heterocycles. The average Bonchev–Trinajstić information content (AvgIpc) is 3.67. The van der Waals surface area contributed by atoms with Gasteiger partial charge in [0.2, 0.25) is 24.2 Å². The topological polar surface area (TPSA) is 148 Å². The summed E-state index contributed by atoms with van der Waals surface area (Å²) in [5.74, 6) is 0.365. The molecule has 13 heteroatoms. The molecule has 55 heavy (non-hydrogen) atoms. The van der Waals surface area contributed by atoms with E-state index in [0.29, 0.717) is 50.7 Å². The van der Waals surface area contributed by atoms with E-state index >= 15 is 0 Å². The number of nitrogens with zero attached hydrogens (tertiary/aromatic N) is 4. The lowest BCUT2D eigenvalue weighted by atomic mass is 9.55. The van der Waals surface area contributed by atoms with E-state index in [4.69, 9.17) is 38.4 Å². The van der Waals surface area contributed by atoms with Crippen LogP contribution < -0.4 is 14.2 Å². The lowest BCUT2D eigenvalue weighted by Gasteiger charge is -2.58. The molecule has 5 aliphatic rings. The summed E-state index contributed by atoms with van der Waals surface area (Å²) in [5.41, 5.74) is 2.81. The van der Waals surface area contributed by atoms with Crippen LogP contribution in [0.1, 0.15) is 101 Å². The first-order valence-electron chi connectivity index (χ1n) is 20.4. The smallest absolute Gasteiger partial charge is 0.241 e. The molecular formula is C42H58N4O9. The minimum atomic E-state index is -1.30. The highest BCUT2D eigenvalue weighted by Gasteiger charge is 2.65. The highest BCUT2D eigenvalue weighted by molar-refractivity contribution is 6.02. The number of aliphatic hydroxyl groups is 2. The predicted molar refractivity (Wildman–Crippen MR) is 205 cm³/mol. The van der Waals surface area contributed by atoms with Crippen molar-refractivity contribution in [3.8, 4) is 17.4 Å². The monoisotopic (exact) mass is 762 g/mol. The molecule has 0 bridgehead atoms. The summed E-state index contributed by atoms with van der Waals surface area (Å²) in [6.07, 6.45) is 17.4. The van der Waals surface area contributed by atoms with Gasteiger partial charge in [-0.15, -0.1) is 11.7 Å². The van der Waals surface area contributed by atoms with E-state index in [-0.39, 0.29) is 43.5 Å². The van der Waals surface area contributed by atoms with Gasteiger partial charge in [0.25, 0.3) is 0 Å². The van der Waals surface area contributed by atoms with Crippen LogP contribution in [0.5, 0.6) is 17.4 Å². The van der Waals surface area contributed by atoms with Gasteiger partial charge in [0.15, 0.2) is 0 Å². The number of aromatic nitrogens is 3. The summed E-state index contributed by atoms with van der Waals surface area (Å²) in [4.78, 5) is 6.24. The van der Waals surface area contributed by atoms with Crippen LogP contribution in [0.15, 0.2) is 66.5 Å². The average molecular weight is 763 g/mol. The Labute approximate surface area is 324 Å². The minimum absolute atomic E-state index is 0.118. The Hall–Kier alpha value is -3.75. The van der Waals surface area contributed by atoms with Crippen LogP contribution in [-0.4, -0.2) is 88.9 Å². The van der Waals surface area contributed by atoms with Crippen molar-refractivity contribution < 1.29 is 43.5 Å². The number of hydrogen-bond donors (Lipinski definition) is 2. The fourth-order valence-electron chi connectivity index (χ4n) is 9.21. The van der Waals surface area contributed by atoms with E-state index < -0.39 is 24.4 Å². The number of hydrogen-bond acceptors (Lipinski definition) is 12. The number of fused-ring (bicyclic) bond motifs is 2. The van der Waals surface area contributed by atoms with Gasteiger partial charge in [-0.1, -0.05) is 48.0 Å². The number of oxime groups is 1. The third-order valence-corrected chi connectivity index (χ3v) is 11.7. The second-order valence-corrected chi connectivity index (χ2v) is 15.2.